The van der Waals surface area contributed by atoms with E-state index in [2.05, 4.69) is 39.7 Å². The first-order valence-electron chi connectivity index (χ1n) is 29.2. The average Bonchev–Trinajstić information content (AvgIpc) is 3.45. The molecule has 81 heavy (non-hydrogen) atoms. The zero-order valence-corrected chi connectivity index (χ0v) is 49.0. The number of anilines is 1. The summed E-state index contributed by atoms with van der Waals surface area (Å²) in [5.41, 5.74) is 9.38. The van der Waals surface area contributed by atoms with E-state index < -0.39 is 35.8 Å². The summed E-state index contributed by atoms with van der Waals surface area (Å²) in [6.45, 7) is 6.35. The Morgan fingerprint density at radius 3 is 2.11 bits per heavy atom. The standard InChI is InChI=1S/C61H86N8O11S/c1-5-6-7-8-9-10-11-12-13-14-15-21-55(71)66(3)40-56(72)67(4)51(42-81)60(75)65(2)33-34-78-35-36-79-41-54(70)64-50(58(62)73)20-16-17-28-63-59(74)43-22-25-46(49(37-43)61(76)77)57-47-26-23-44(68-29-18-30-68)38-52(47)80-53-39-45(24-27-48(53)57)69-31-19-32-69/h22-27,37-39,50-51H,5-21,28-36,40-42H2,1-4H3,(H5-,62,63,64,70,73,74,76,77,81)/p+1/t50-,51-/m0/s1. The molecule has 5 N–H and O–H groups in total. The summed E-state index contributed by atoms with van der Waals surface area (Å²) in [6, 6.07) is 14.9. The van der Waals surface area contributed by atoms with Gasteiger partial charge in [0, 0.05) is 99.4 Å². The van der Waals surface area contributed by atoms with Crippen LogP contribution in [0.3, 0.4) is 0 Å². The molecule has 0 bridgehead atoms. The summed E-state index contributed by atoms with van der Waals surface area (Å²) in [5, 5.41) is 17.8. The fourth-order valence-corrected chi connectivity index (χ4v) is 10.5. The van der Waals surface area contributed by atoms with Crippen molar-refractivity contribution < 1.29 is 52.6 Å². The van der Waals surface area contributed by atoms with Gasteiger partial charge in [-0.05, 0) is 68.0 Å². The number of unbranched alkanes of at least 4 members (excludes halogenated alkanes) is 11. The number of nitrogens with one attached hydrogen (secondary N) is 2. The molecule has 20 heteroatoms. The molecule has 2 aromatic carbocycles. The Bertz CT molecular complexity index is 2810. The summed E-state index contributed by atoms with van der Waals surface area (Å²) >= 11 is 4.35. The second kappa shape index (κ2) is 32.8. The number of hydrogen-bond donors (Lipinski definition) is 5. The monoisotopic (exact) mass is 1140 g/mol. The van der Waals surface area contributed by atoms with Gasteiger partial charge in [0.1, 0.15) is 43.1 Å². The van der Waals surface area contributed by atoms with Crippen LogP contribution in [0.1, 0.15) is 137 Å². The van der Waals surface area contributed by atoms with Crippen molar-refractivity contribution in [3.63, 3.8) is 0 Å². The van der Waals surface area contributed by atoms with Gasteiger partial charge in [-0.15, -0.1) is 0 Å². The van der Waals surface area contributed by atoms with Crippen LogP contribution >= 0.6 is 12.6 Å². The summed E-state index contributed by atoms with van der Waals surface area (Å²) < 4.78 is 19.9. The summed E-state index contributed by atoms with van der Waals surface area (Å²) in [7, 11) is 4.74. The van der Waals surface area contributed by atoms with Crippen LogP contribution in [0, 0.1) is 0 Å². The van der Waals surface area contributed by atoms with Crippen molar-refractivity contribution in [1.29, 1.82) is 0 Å². The fraction of sp³-hybridized carbons (Fsp3) is 0.574. The SMILES string of the molecule is CCCCCCCCCCCCCC(=O)N(C)CC(=O)N(C)[C@@H](CS)C(=O)N(C)CCOCCOCC(=O)N[C@@H](CCCCNC(=O)c1ccc(-c2c3ccc(=[N+]4CCC4)cc-3oc3cc(N4CCC4)ccc23)c(C(=O)O)c1)C(N)=O. The Labute approximate surface area is 482 Å². The van der Waals surface area contributed by atoms with Gasteiger partial charge in [-0.1, -0.05) is 77.2 Å². The van der Waals surface area contributed by atoms with Gasteiger partial charge in [-0.2, -0.15) is 12.6 Å². The lowest BCUT2D eigenvalue weighted by Crippen LogP contribution is -2.52. The molecule has 3 heterocycles. The molecule has 6 rings (SSSR count). The van der Waals surface area contributed by atoms with E-state index >= 15 is 0 Å². The predicted molar refractivity (Wildman–Crippen MR) is 317 cm³/mol. The highest BCUT2D eigenvalue weighted by Crippen LogP contribution is 2.42. The number of aromatic carboxylic acids is 1. The first-order valence-corrected chi connectivity index (χ1v) is 29.8. The lowest BCUT2D eigenvalue weighted by molar-refractivity contribution is -0.145. The van der Waals surface area contributed by atoms with Crippen LogP contribution in [-0.4, -0.2) is 172 Å². The van der Waals surface area contributed by atoms with Gasteiger partial charge < -0.3 is 55.0 Å². The predicted octanol–water partition coefficient (Wildman–Crippen LogP) is 6.57. The van der Waals surface area contributed by atoms with Crippen LogP contribution in [0.2, 0.25) is 0 Å². The number of carbonyl (C=O) groups is 7. The van der Waals surface area contributed by atoms with E-state index in [0.29, 0.717) is 41.7 Å². The number of amides is 6. The highest BCUT2D eigenvalue weighted by molar-refractivity contribution is 7.80. The maximum atomic E-state index is 13.4. The van der Waals surface area contributed by atoms with Crippen molar-refractivity contribution in [3.05, 3.63) is 71.1 Å². The number of thiol groups is 1. The highest BCUT2D eigenvalue weighted by atomic mass is 32.1. The van der Waals surface area contributed by atoms with E-state index in [1.54, 1.807) is 26.2 Å². The third-order valence-corrected chi connectivity index (χ3v) is 15.8. The van der Waals surface area contributed by atoms with Gasteiger partial charge in [0.2, 0.25) is 34.9 Å². The molecule has 2 atom stereocenters. The molecule has 19 nitrogen and oxygen atoms in total. The van der Waals surface area contributed by atoms with Crippen molar-refractivity contribution in [2.75, 3.05) is 104 Å². The molecular weight excluding hydrogens is 1050 g/mol. The smallest absolute Gasteiger partial charge is 0.336 e. The second-order valence-electron chi connectivity index (χ2n) is 21.5. The molecule has 0 unspecified atom stereocenters. The number of likely N-dealkylation sites (N-methyl/N-ethyl adjacent to an activating group) is 3. The Balaban J connectivity index is 0.865. The van der Waals surface area contributed by atoms with Gasteiger partial charge >= 0.3 is 5.97 Å². The van der Waals surface area contributed by atoms with E-state index in [1.807, 2.05) is 36.4 Å². The third-order valence-electron chi connectivity index (χ3n) is 15.5. The lowest BCUT2D eigenvalue weighted by atomic mass is 9.89. The summed E-state index contributed by atoms with van der Waals surface area (Å²) in [6.07, 6.45) is 16.8. The number of fused-ring (bicyclic) bond motifs is 2. The molecule has 442 valence electrons. The van der Waals surface area contributed by atoms with Crippen LogP contribution in [0.5, 0.6) is 0 Å². The number of carboxylic acids is 1. The Kier molecular flexibility index (Phi) is 25.8. The van der Waals surface area contributed by atoms with Crippen LogP contribution in [0.15, 0.2) is 59.0 Å². The molecule has 0 spiro atoms. The van der Waals surface area contributed by atoms with E-state index in [9.17, 15) is 38.7 Å². The topological polar surface area (TPSA) is 237 Å². The molecule has 4 aliphatic rings. The van der Waals surface area contributed by atoms with Crippen molar-refractivity contribution in [1.82, 2.24) is 29.9 Å². The zero-order valence-electron chi connectivity index (χ0n) is 48.1. The van der Waals surface area contributed by atoms with Crippen molar-refractivity contribution in [2.24, 2.45) is 5.73 Å². The number of carboxylic acid groups (broad SMARTS) is 1. The molecular formula is C61H87N8O11S+. The van der Waals surface area contributed by atoms with Gasteiger partial charge in [0.05, 0.1) is 44.4 Å². The molecule has 2 aromatic rings. The fourth-order valence-electron chi connectivity index (χ4n) is 10.1. The van der Waals surface area contributed by atoms with Crippen LogP contribution in [-0.2, 0) is 33.4 Å². The van der Waals surface area contributed by atoms with E-state index in [0.717, 1.165) is 80.3 Å². The molecule has 0 saturated carbocycles. The molecule has 6 amide bonds. The van der Waals surface area contributed by atoms with Crippen molar-refractivity contribution in [2.45, 2.75) is 128 Å². The van der Waals surface area contributed by atoms with E-state index in [-0.39, 0.29) is 87.1 Å². The Morgan fingerprint density at radius 2 is 1.47 bits per heavy atom. The maximum Gasteiger partial charge on any atom is 0.336 e. The minimum atomic E-state index is -1.18. The van der Waals surface area contributed by atoms with Gasteiger partial charge in [0.15, 0.2) is 0 Å². The minimum Gasteiger partial charge on any atom is -0.478 e. The maximum absolute atomic E-state index is 13.4. The van der Waals surface area contributed by atoms with Crippen molar-refractivity contribution in [3.8, 4) is 22.5 Å². The summed E-state index contributed by atoms with van der Waals surface area (Å²) in [4.78, 5) is 97.0. The molecule has 2 fully saturated rings. The van der Waals surface area contributed by atoms with Crippen LogP contribution in [0.4, 0.5) is 5.69 Å². The van der Waals surface area contributed by atoms with Crippen LogP contribution in [0.25, 0.3) is 33.4 Å². The number of ether oxygens (including phenoxy) is 2. The molecule has 0 aromatic heterocycles. The number of primary amides is 1. The second-order valence-corrected chi connectivity index (χ2v) is 21.9. The van der Waals surface area contributed by atoms with Gasteiger partial charge in [0.25, 0.3) is 5.91 Å². The highest BCUT2D eigenvalue weighted by Gasteiger charge is 2.30. The first-order chi connectivity index (χ1) is 39.1. The number of nitrogens with two attached hydrogens (primary N) is 1. The van der Waals surface area contributed by atoms with E-state index in [4.69, 9.17) is 19.6 Å². The molecule has 3 aliphatic heterocycles. The number of hydrogen-bond acceptors (Lipinski definition) is 12. The number of benzene rings is 3. The quantitative estimate of drug-likeness (QED) is 0.0141. The van der Waals surface area contributed by atoms with Gasteiger partial charge in [-0.3, -0.25) is 28.8 Å². The van der Waals surface area contributed by atoms with E-state index in [1.165, 1.54) is 79.2 Å². The number of rotatable bonds is 36. The molecule has 1 aliphatic carbocycles. The third kappa shape index (κ3) is 18.8. The van der Waals surface area contributed by atoms with Crippen molar-refractivity contribution >= 4 is 70.7 Å². The summed E-state index contributed by atoms with van der Waals surface area (Å²) in [5.74, 6) is -2.96. The van der Waals surface area contributed by atoms with Crippen LogP contribution < -0.4 is 31.2 Å². The molecule has 0 radical (unpaired) electrons. The Morgan fingerprint density at radius 1 is 0.778 bits per heavy atom. The molecule has 2 saturated heterocycles. The number of nitrogens with zero attached hydrogens (tertiary/aromatic N) is 5. The normalized spacial score (nSPS) is 13.7. The van der Waals surface area contributed by atoms with Gasteiger partial charge in [-0.25, -0.2) is 9.37 Å². The Hall–Kier alpha value is -6.51. The average molecular weight is 1140 g/mol. The lowest BCUT2D eigenvalue weighted by Gasteiger charge is -2.33. The number of carbonyl (C=O) groups excluding carboxylic acids is 6. The minimum absolute atomic E-state index is 0.0267. The zero-order chi connectivity index (χ0) is 58.3. The largest absolute Gasteiger partial charge is 0.478 e. The first kappa shape index (κ1) is 63.7.